The second-order valence-electron chi connectivity index (χ2n) is 7.93. The number of carbonyl (C=O) groups excluding carboxylic acids is 1. The van der Waals surface area contributed by atoms with Crippen molar-refractivity contribution in [3.05, 3.63) is 23.8 Å². The van der Waals surface area contributed by atoms with Gasteiger partial charge in [0.2, 0.25) is 5.91 Å². The lowest BCUT2D eigenvalue weighted by atomic mass is 9.83. The highest BCUT2D eigenvalue weighted by atomic mass is 16.6. The van der Waals surface area contributed by atoms with Crippen molar-refractivity contribution in [2.45, 2.75) is 57.1 Å². The fraction of sp³-hybridized carbons (Fsp3) is 0.650. The molecule has 0 spiro atoms. The Morgan fingerprint density at radius 3 is 2.83 bits per heavy atom. The Hall–Kier alpha value is -2.75. The third-order valence-corrected chi connectivity index (χ3v) is 5.73. The molecule has 1 amide bonds. The van der Waals surface area contributed by atoms with Gasteiger partial charge in [-0.2, -0.15) is 0 Å². The van der Waals surface area contributed by atoms with Crippen LogP contribution in [0.25, 0.3) is 0 Å². The standard InChI is InChI=1S/C20H28N6O4/c1-12-20(26-30-25-12)29-8-7-21-19(27)14-5-6-15(17(9-14)28-2)24-18-10-16(13-3-4-13)22-11-23-18/h10-11,13-15,17H,3-9H2,1-2H3,(H,21,27)(H,22,23,24)/t14-,15-,17-/m0/s1. The SMILES string of the molecule is CO[C@H]1C[C@@H](C(=O)NCCOc2nonc2C)CC[C@@H]1Nc1cc(C2CC2)ncn1. The van der Waals surface area contributed by atoms with Gasteiger partial charge in [0.1, 0.15) is 24.4 Å². The Bertz CT molecular complexity index is 855. The molecule has 2 N–H and O–H groups in total. The number of carbonyl (C=O) groups is 1. The molecule has 4 rings (SSSR count). The zero-order valence-corrected chi connectivity index (χ0v) is 17.3. The molecule has 0 aromatic carbocycles. The zero-order chi connectivity index (χ0) is 20.9. The number of amides is 1. The highest BCUT2D eigenvalue weighted by Gasteiger charge is 2.34. The molecule has 2 aliphatic rings. The van der Waals surface area contributed by atoms with E-state index >= 15 is 0 Å². The van der Waals surface area contributed by atoms with Crippen molar-refractivity contribution in [2.24, 2.45) is 5.92 Å². The maximum Gasteiger partial charge on any atom is 0.278 e. The van der Waals surface area contributed by atoms with Crippen molar-refractivity contribution in [2.75, 3.05) is 25.6 Å². The fourth-order valence-corrected chi connectivity index (χ4v) is 3.86. The van der Waals surface area contributed by atoms with Crippen LogP contribution in [-0.4, -0.2) is 58.6 Å². The van der Waals surface area contributed by atoms with E-state index in [-0.39, 0.29) is 24.0 Å². The van der Waals surface area contributed by atoms with E-state index in [4.69, 9.17) is 9.47 Å². The van der Waals surface area contributed by atoms with Crippen LogP contribution < -0.4 is 15.4 Å². The Morgan fingerprint density at radius 1 is 1.23 bits per heavy atom. The predicted octanol–water partition coefficient (Wildman–Crippen LogP) is 1.84. The Balaban J connectivity index is 1.24. The molecule has 3 atom stereocenters. The zero-order valence-electron chi connectivity index (χ0n) is 17.3. The number of rotatable bonds is 9. The monoisotopic (exact) mass is 416 g/mol. The van der Waals surface area contributed by atoms with Gasteiger partial charge in [0.05, 0.1) is 18.7 Å². The van der Waals surface area contributed by atoms with Crippen molar-refractivity contribution in [1.29, 1.82) is 0 Å². The molecule has 2 aromatic heterocycles. The fourth-order valence-electron chi connectivity index (χ4n) is 3.86. The molecule has 2 fully saturated rings. The van der Waals surface area contributed by atoms with Gasteiger partial charge in [0.15, 0.2) is 0 Å². The van der Waals surface area contributed by atoms with E-state index < -0.39 is 0 Å². The summed E-state index contributed by atoms with van der Waals surface area (Å²) in [7, 11) is 1.69. The molecule has 2 aromatic rings. The van der Waals surface area contributed by atoms with E-state index in [0.717, 1.165) is 24.4 Å². The highest BCUT2D eigenvalue weighted by Crippen LogP contribution is 2.39. The second-order valence-corrected chi connectivity index (χ2v) is 7.93. The van der Waals surface area contributed by atoms with Crippen LogP contribution in [0.4, 0.5) is 5.82 Å². The normalized spacial score (nSPS) is 23.7. The molecule has 2 aliphatic carbocycles. The molecule has 0 radical (unpaired) electrons. The van der Waals surface area contributed by atoms with Gasteiger partial charge in [0.25, 0.3) is 5.88 Å². The smallest absolute Gasteiger partial charge is 0.278 e. The minimum absolute atomic E-state index is 0.0205. The third-order valence-electron chi connectivity index (χ3n) is 5.73. The maximum absolute atomic E-state index is 12.6. The lowest BCUT2D eigenvalue weighted by Gasteiger charge is -2.35. The van der Waals surface area contributed by atoms with Crippen LogP contribution in [-0.2, 0) is 9.53 Å². The van der Waals surface area contributed by atoms with Crippen molar-refractivity contribution in [3.8, 4) is 5.88 Å². The molecule has 0 aliphatic heterocycles. The first-order valence-corrected chi connectivity index (χ1v) is 10.4. The van der Waals surface area contributed by atoms with Crippen molar-refractivity contribution < 1.29 is 18.9 Å². The predicted molar refractivity (Wildman–Crippen MR) is 107 cm³/mol. The largest absolute Gasteiger partial charge is 0.472 e. The number of aryl methyl sites for hydroxylation is 1. The number of nitrogens with one attached hydrogen (secondary N) is 2. The minimum atomic E-state index is -0.0872. The summed E-state index contributed by atoms with van der Waals surface area (Å²) < 4.78 is 15.7. The average Bonchev–Trinajstić information content (AvgIpc) is 3.54. The molecular formula is C20H28N6O4. The molecule has 0 bridgehead atoms. The van der Waals surface area contributed by atoms with Gasteiger partial charge < -0.3 is 20.1 Å². The summed E-state index contributed by atoms with van der Waals surface area (Å²) in [5.41, 5.74) is 1.69. The van der Waals surface area contributed by atoms with Gasteiger partial charge in [-0.15, -0.1) is 0 Å². The number of aromatic nitrogens is 4. The van der Waals surface area contributed by atoms with Gasteiger partial charge >= 0.3 is 0 Å². The molecule has 0 saturated heterocycles. The van der Waals surface area contributed by atoms with Crippen LogP contribution in [0, 0.1) is 12.8 Å². The van der Waals surface area contributed by atoms with Crippen molar-refractivity contribution in [3.63, 3.8) is 0 Å². The van der Waals surface area contributed by atoms with Crippen LogP contribution in [0.2, 0.25) is 0 Å². The van der Waals surface area contributed by atoms with Crippen LogP contribution in [0.15, 0.2) is 17.0 Å². The summed E-state index contributed by atoms with van der Waals surface area (Å²) in [6, 6.07) is 2.15. The highest BCUT2D eigenvalue weighted by molar-refractivity contribution is 5.78. The van der Waals surface area contributed by atoms with Crippen LogP contribution in [0.5, 0.6) is 5.88 Å². The Labute approximate surface area is 175 Å². The first-order valence-electron chi connectivity index (χ1n) is 10.4. The number of hydrogen-bond acceptors (Lipinski definition) is 9. The van der Waals surface area contributed by atoms with Gasteiger partial charge in [0, 0.05) is 30.7 Å². The van der Waals surface area contributed by atoms with E-state index in [1.165, 1.54) is 12.8 Å². The number of methoxy groups -OCH3 is 1. The Kier molecular flexibility index (Phi) is 6.41. The summed E-state index contributed by atoms with van der Waals surface area (Å²) in [5, 5.41) is 13.7. The van der Waals surface area contributed by atoms with Gasteiger partial charge in [-0.3, -0.25) is 4.79 Å². The van der Waals surface area contributed by atoms with E-state index in [2.05, 4.69) is 35.5 Å². The molecule has 2 heterocycles. The molecular weight excluding hydrogens is 388 g/mol. The average molecular weight is 416 g/mol. The van der Waals surface area contributed by atoms with E-state index in [1.54, 1.807) is 20.4 Å². The number of ether oxygens (including phenoxy) is 2. The molecule has 10 nitrogen and oxygen atoms in total. The summed E-state index contributed by atoms with van der Waals surface area (Å²) >= 11 is 0. The van der Waals surface area contributed by atoms with Crippen LogP contribution in [0.3, 0.4) is 0 Å². The first kappa shape index (κ1) is 20.5. The van der Waals surface area contributed by atoms with Crippen LogP contribution in [0.1, 0.15) is 49.4 Å². The molecule has 0 unspecified atom stereocenters. The second kappa shape index (κ2) is 9.38. The van der Waals surface area contributed by atoms with Gasteiger partial charge in [-0.1, -0.05) is 5.16 Å². The minimum Gasteiger partial charge on any atom is -0.472 e. The summed E-state index contributed by atoms with van der Waals surface area (Å²) in [5.74, 6) is 1.70. The Morgan fingerprint density at radius 2 is 2.10 bits per heavy atom. The van der Waals surface area contributed by atoms with Gasteiger partial charge in [-0.25, -0.2) is 14.6 Å². The van der Waals surface area contributed by atoms with E-state index in [1.807, 2.05) is 6.07 Å². The lowest BCUT2D eigenvalue weighted by molar-refractivity contribution is -0.127. The van der Waals surface area contributed by atoms with Crippen LogP contribution >= 0.6 is 0 Å². The topological polar surface area (TPSA) is 124 Å². The number of nitrogens with zero attached hydrogens (tertiary/aromatic N) is 4. The number of anilines is 1. The molecule has 30 heavy (non-hydrogen) atoms. The summed E-state index contributed by atoms with van der Waals surface area (Å²) in [4.78, 5) is 21.3. The number of hydrogen-bond donors (Lipinski definition) is 2. The van der Waals surface area contributed by atoms with E-state index in [9.17, 15) is 4.79 Å². The molecule has 10 heteroatoms. The lowest BCUT2D eigenvalue weighted by Crippen LogP contribution is -2.45. The summed E-state index contributed by atoms with van der Waals surface area (Å²) in [6.45, 7) is 2.45. The van der Waals surface area contributed by atoms with Crippen molar-refractivity contribution in [1.82, 2.24) is 25.6 Å². The summed E-state index contributed by atoms with van der Waals surface area (Å²) in [6.07, 6.45) is 6.25. The molecule has 2 saturated carbocycles. The van der Waals surface area contributed by atoms with Crippen molar-refractivity contribution >= 4 is 11.7 Å². The first-order chi connectivity index (χ1) is 14.6. The quantitative estimate of drug-likeness (QED) is 0.589. The maximum atomic E-state index is 12.6. The van der Waals surface area contributed by atoms with Gasteiger partial charge in [-0.05, 0) is 44.2 Å². The third kappa shape index (κ3) is 5.05. The van der Waals surface area contributed by atoms with E-state index in [0.29, 0.717) is 37.1 Å². The molecule has 162 valence electrons.